The zero-order valence-electron chi connectivity index (χ0n) is 13.4. The number of nitrogens with one attached hydrogen (secondary N) is 2. The van der Waals surface area contributed by atoms with E-state index >= 15 is 0 Å². The van der Waals surface area contributed by atoms with Crippen molar-refractivity contribution >= 4 is 17.5 Å². The Morgan fingerprint density at radius 1 is 1.41 bits per heavy atom. The van der Waals surface area contributed by atoms with Gasteiger partial charge in [-0.15, -0.1) is 0 Å². The van der Waals surface area contributed by atoms with E-state index in [1.807, 2.05) is 6.92 Å². The summed E-state index contributed by atoms with van der Waals surface area (Å²) in [4.78, 5) is 12.5. The van der Waals surface area contributed by atoms with Crippen molar-refractivity contribution in [3.63, 3.8) is 0 Å². The molecule has 1 heterocycles. The number of carbonyl (C=O) groups is 1. The molecule has 22 heavy (non-hydrogen) atoms. The van der Waals surface area contributed by atoms with Crippen LogP contribution in [0.3, 0.4) is 0 Å². The molecule has 0 aromatic heterocycles. The molecule has 0 aliphatic carbocycles. The van der Waals surface area contributed by atoms with Gasteiger partial charge in [-0.2, -0.15) is 0 Å². The molecule has 1 aliphatic rings. The standard InChI is InChI=1S/C17H25ClN2O2/c1-3-10-22-15-5-4-13(18)11-14(15)16(21)20-12-17(2)6-8-19-9-7-17/h4-5,11,19H,3,6-10,12H2,1-2H3,(H,20,21). The zero-order valence-corrected chi connectivity index (χ0v) is 14.1. The fourth-order valence-corrected chi connectivity index (χ4v) is 2.79. The Bertz CT molecular complexity index is 513. The van der Waals surface area contributed by atoms with E-state index in [-0.39, 0.29) is 11.3 Å². The minimum Gasteiger partial charge on any atom is -0.493 e. The molecule has 5 heteroatoms. The first-order valence-corrected chi connectivity index (χ1v) is 8.33. The Balaban J connectivity index is 2.03. The molecule has 0 atom stereocenters. The van der Waals surface area contributed by atoms with Crippen molar-refractivity contribution < 1.29 is 9.53 Å². The van der Waals surface area contributed by atoms with Crippen LogP contribution in [0.1, 0.15) is 43.5 Å². The van der Waals surface area contributed by atoms with E-state index in [1.54, 1.807) is 18.2 Å². The molecule has 0 spiro atoms. The van der Waals surface area contributed by atoms with Crippen LogP contribution in [-0.4, -0.2) is 32.1 Å². The van der Waals surface area contributed by atoms with Crippen molar-refractivity contribution in [2.45, 2.75) is 33.1 Å². The van der Waals surface area contributed by atoms with Crippen LogP contribution in [0.25, 0.3) is 0 Å². The van der Waals surface area contributed by atoms with E-state index in [4.69, 9.17) is 16.3 Å². The second kappa shape index (κ2) is 7.84. The van der Waals surface area contributed by atoms with Crippen molar-refractivity contribution in [1.29, 1.82) is 0 Å². The summed E-state index contributed by atoms with van der Waals surface area (Å²) in [5.41, 5.74) is 0.669. The Morgan fingerprint density at radius 3 is 2.82 bits per heavy atom. The normalized spacial score (nSPS) is 17.0. The number of piperidine rings is 1. The molecule has 4 nitrogen and oxygen atoms in total. The fraction of sp³-hybridized carbons (Fsp3) is 0.588. The largest absolute Gasteiger partial charge is 0.493 e. The van der Waals surface area contributed by atoms with E-state index in [0.29, 0.717) is 29.5 Å². The molecule has 1 amide bonds. The van der Waals surface area contributed by atoms with Crippen LogP contribution >= 0.6 is 11.6 Å². The number of ether oxygens (including phenoxy) is 1. The van der Waals surface area contributed by atoms with Gasteiger partial charge in [-0.25, -0.2) is 0 Å². The molecule has 1 aromatic rings. The first-order chi connectivity index (χ1) is 10.5. The summed E-state index contributed by atoms with van der Waals surface area (Å²) >= 11 is 6.03. The topological polar surface area (TPSA) is 50.4 Å². The molecule has 0 radical (unpaired) electrons. The summed E-state index contributed by atoms with van der Waals surface area (Å²) in [5, 5.41) is 6.94. The Labute approximate surface area is 137 Å². The van der Waals surface area contributed by atoms with Crippen LogP contribution in [-0.2, 0) is 0 Å². The van der Waals surface area contributed by atoms with E-state index in [2.05, 4.69) is 17.6 Å². The SMILES string of the molecule is CCCOc1ccc(Cl)cc1C(=O)NCC1(C)CCNCC1. The molecule has 0 unspecified atom stereocenters. The molecule has 0 bridgehead atoms. The first kappa shape index (κ1) is 17.1. The van der Waals surface area contributed by atoms with Gasteiger partial charge in [-0.05, 0) is 56.0 Å². The second-order valence-electron chi connectivity index (χ2n) is 6.23. The van der Waals surface area contributed by atoms with Crippen LogP contribution in [0.4, 0.5) is 0 Å². The summed E-state index contributed by atoms with van der Waals surface area (Å²) in [5.74, 6) is 0.479. The third-order valence-corrected chi connectivity index (χ3v) is 4.37. The van der Waals surface area contributed by atoms with Gasteiger partial charge in [-0.1, -0.05) is 25.4 Å². The number of halogens is 1. The van der Waals surface area contributed by atoms with Gasteiger partial charge >= 0.3 is 0 Å². The van der Waals surface area contributed by atoms with Crippen LogP contribution < -0.4 is 15.4 Å². The van der Waals surface area contributed by atoms with E-state index < -0.39 is 0 Å². The summed E-state index contributed by atoms with van der Waals surface area (Å²) in [6.07, 6.45) is 3.04. The quantitative estimate of drug-likeness (QED) is 0.844. The number of hydrogen-bond donors (Lipinski definition) is 2. The highest BCUT2D eigenvalue weighted by Gasteiger charge is 2.27. The summed E-state index contributed by atoms with van der Waals surface area (Å²) < 4.78 is 5.65. The van der Waals surface area contributed by atoms with Gasteiger partial charge in [0.25, 0.3) is 5.91 Å². The van der Waals surface area contributed by atoms with Crippen LogP contribution in [0.2, 0.25) is 5.02 Å². The van der Waals surface area contributed by atoms with Gasteiger partial charge in [0.1, 0.15) is 5.75 Å². The number of carbonyl (C=O) groups excluding carboxylic acids is 1. The third kappa shape index (κ3) is 4.62. The fourth-order valence-electron chi connectivity index (χ4n) is 2.61. The summed E-state index contributed by atoms with van der Waals surface area (Å²) in [6.45, 7) is 7.54. The average Bonchev–Trinajstić information content (AvgIpc) is 2.52. The number of benzene rings is 1. The second-order valence-corrected chi connectivity index (χ2v) is 6.67. The highest BCUT2D eigenvalue weighted by Crippen LogP contribution is 2.28. The molecule has 2 rings (SSSR count). The molecule has 1 fully saturated rings. The van der Waals surface area contributed by atoms with E-state index in [0.717, 1.165) is 32.4 Å². The summed E-state index contributed by atoms with van der Waals surface area (Å²) in [7, 11) is 0. The van der Waals surface area contributed by atoms with Crippen molar-refractivity contribution in [3.05, 3.63) is 28.8 Å². The Kier molecular flexibility index (Phi) is 6.09. The molecule has 1 aromatic carbocycles. The minimum absolute atomic E-state index is 0.117. The van der Waals surface area contributed by atoms with Gasteiger partial charge in [0.2, 0.25) is 0 Å². The molecule has 0 saturated carbocycles. The lowest BCUT2D eigenvalue weighted by Crippen LogP contribution is -2.43. The summed E-state index contributed by atoms with van der Waals surface area (Å²) in [6, 6.07) is 5.18. The van der Waals surface area contributed by atoms with Gasteiger partial charge in [0.15, 0.2) is 0 Å². The molecule has 1 aliphatic heterocycles. The maximum Gasteiger partial charge on any atom is 0.255 e. The first-order valence-electron chi connectivity index (χ1n) is 7.95. The highest BCUT2D eigenvalue weighted by molar-refractivity contribution is 6.31. The highest BCUT2D eigenvalue weighted by atomic mass is 35.5. The van der Waals surface area contributed by atoms with Gasteiger partial charge in [-0.3, -0.25) is 4.79 Å². The van der Waals surface area contributed by atoms with Gasteiger partial charge < -0.3 is 15.4 Å². The number of rotatable bonds is 6. The third-order valence-electron chi connectivity index (χ3n) is 4.13. The predicted octanol–water partition coefficient (Wildman–Crippen LogP) is 3.25. The van der Waals surface area contributed by atoms with Crippen molar-refractivity contribution in [3.8, 4) is 5.75 Å². The van der Waals surface area contributed by atoms with Crippen LogP contribution in [0, 0.1) is 5.41 Å². The molecule has 122 valence electrons. The maximum absolute atomic E-state index is 12.5. The van der Waals surface area contributed by atoms with E-state index in [9.17, 15) is 4.79 Å². The molecule has 1 saturated heterocycles. The number of hydrogen-bond acceptors (Lipinski definition) is 3. The van der Waals surface area contributed by atoms with Gasteiger partial charge in [0.05, 0.1) is 12.2 Å². The Hall–Kier alpha value is -1.26. The van der Waals surface area contributed by atoms with Crippen LogP contribution in [0.15, 0.2) is 18.2 Å². The van der Waals surface area contributed by atoms with Crippen LogP contribution in [0.5, 0.6) is 5.75 Å². The zero-order chi connectivity index (χ0) is 16.0. The molecular formula is C17H25ClN2O2. The lowest BCUT2D eigenvalue weighted by Gasteiger charge is -2.34. The van der Waals surface area contributed by atoms with Crippen molar-refractivity contribution in [2.24, 2.45) is 5.41 Å². The lowest BCUT2D eigenvalue weighted by atomic mass is 9.81. The predicted molar refractivity (Wildman–Crippen MR) is 89.8 cm³/mol. The van der Waals surface area contributed by atoms with Crippen molar-refractivity contribution in [2.75, 3.05) is 26.2 Å². The van der Waals surface area contributed by atoms with Crippen molar-refractivity contribution in [1.82, 2.24) is 10.6 Å². The number of amides is 1. The maximum atomic E-state index is 12.5. The molecule has 2 N–H and O–H groups in total. The monoisotopic (exact) mass is 324 g/mol. The Morgan fingerprint density at radius 2 is 2.14 bits per heavy atom. The van der Waals surface area contributed by atoms with Gasteiger partial charge in [0, 0.05) is 11.6 Å². The minimum atomic E-state index is -0.117. The lowest BCUT2D eigenvalue weighted by molar-refractivity contribution is 0.0918. The average molecular weight is 325 g/mol. The molecular weight excluding hydrogens is 300 g/mol. The smallest absolute Gasteiger partial charge is 0.255 e. The van der Waals surface area contributed by atoms with E-state index in [1.165, 1.54) is 0 Å².